The van der Waals surface area contributed by atoms with E-state index in [-0.39, 0.29) is 34.5 Å². The van der Waals surface area contributed by atoms with Crippen molar-refractivity contribution in [3.05, 3.63) is 54.1 Å². The van der Waals surface area contributed by atoms with E-state index >= 15 is 0 Å². The van der Waals surface area contributed by atoms with Crippen LogP contribution < -0.4 is 29.6 Å². The molecule has 0 saturated heterocycles. The summed E-state index contributed by atoms with van der Waals surface area (Å²) in [6.07, 6.45) is 6.04. The summed E-state index contributed by atoms with van der Waals surface area (Å²) in [4.78, 5) is -0.270. The van der Waals surface area contributed by atoms with Gasteiger partial charge in [0.2, 0.25) is 0 Å². The number of benzene rings is 2. The smallest absolute Gasteiger partial charge is 0.744 e. The van der Waals surface area contributed by atoms with Crippen molar-refractivity contribution in [3.63, 3.8) is 0 Å². The summed E-state index contributed by atoms with van der Waals surface area (Å²) >= 11 is 0. The molecule has 0 bridgehead atoms. The first-order valence-corrected chi connectivity index (χ1v) is 9.46. The van der Waals surface area contributed by atoms with Crippen LogP contribution >= 0.6 is 0 Å². The quantitative estimate of drug-likeness (QED) is 0.310. The summed E-state index contributed by atoms with van der Waals surface area (Å²) in [7, 11) is -4.43. The maximum atomic E-state index is 10.9. The SMILES string of the molecule is CCCCCCc1ccc(N=Nc2ccc(S(=O)(=O)[O-])cc2)cc1.[Na+]. The standard InChI is InChI=1S/C18H22N2O3S.Na/c1-2-3-4-5-6-15-7-9-16(10-8-15)19-20-17-11-13-18(14-12-17)24(21,22)23;/h7-14H,2-6H2,1H3,(H,21,22,23);/q;+1/p-1. The number of azo groups is 1. The molecule has 0 aliphatic heterocycles. The first-order valence-electron chi connectivity index (χ1n) is 8.05. The van der Waals surface area contributed by atoms with Gasteiger partial charge in [-0.2, -0.15) is 10.2 Å². The summed E-state index contributed by atoms with van der Waals surface area (Å²) in [5.74, 6) is 0. The second kappa shape index (κ2) is 10.8. The van der Waals surface area contributed by atoms with Crippen LogP contribution in [0, 0.1) is 0 Å². The maximum Gasteiger partial charge on any atom is 1.00 e. The van der Waals surface area contributed by atoms with Crippen LogP contribution in [-0.4, -0.2) is 13.0 Å². The predicted octanol–water partition coefficient (Wildman–Crippen LogP) is 2.13. The van der Waals surface area contributed by atoms with Crippen LogP contribution in [-0.2, 0) is 16.5 Å². The van der Waals surface area contributed by atoms with Crippen molar-refractivity contribution in [1.82, 2.24) is 0 Å². The van der Waals surface area contributed by atoms with Gasteiger partial charge in [0.25, 0.3) is 0 Å². The molecule has 0 radical (unpaired) electrons. The van der Waals surface area contributed by atoms with E-state index in [0.29, 0.717) is 5.69 Å². The Labute approximate surface area is 171 Å². The van der Waals surface area contributed by atoms with Crippen LogP contribution in [0.2, 0.25) is 0 Å². The van der Waals surface area contributed by atoms with Gasteiger partial charge >= 0.3 is 29.6 Å². The van der Waals surface area contributed by atoms with Crippen molar-refractivity contribution in [2.75, 3.05) is 0 Å². The molecule has 25 heavy (non-hydrogen) atoms. The van der Waals surface area contributed by atoms with E-state index in [4.69, 9.17) is 0 Å². The van der Waals surface area contributed by atoms with Crippen molar-refractivity contribution in [2.24, 2.45) is 10.2 Å². The molecule has 0 aliphatic rings. The number of hydrogen-bond donors (Lipinski definition) is 0. The Morgan fingerprint density at radius 2 is 1.36 bits per heavy atom. The summed E-state index contributed by atoms with van der Waals surface area (Å²) in [5.41, 5.74) is 2.51. The molecule has 0 amide bonds. The van der Waals surface area contributed by atoms with Crippen LogP contribution in [0.1, 0.15) is 38.2 Å². The van der Waals surface area contributed by atoms with E-state index in [1.165, 1.54) is 55.5 Å². The van der Waals surface area contributed by atoms with Gasteiger partial charge in [0.1, 0.15) is 10.1 Å². The van der Waals surface area contributed by atoms with Gasteiger partial charge in [-0.25, -0.2) is 8.42 Å². The summed E-state index contributed by atoms with van der Waals surface area (Å²) in [6, 6.07) is 13.3. The summed E-state index contributed by atoms with van der Waals surface area (Å²) in [5, 5.41) is 8.16. The molecule has 0 aliphatic carbocycles. The zero-order valence-corrected chi connectivity index (χ0v) is 17.5. The zero-order chi connectivity index (χ0) is 17.4. The molecule has 2 aromatic rings. The van der Waals surface area contributed by atoms with Crippen molar-refractivity contribution in [1.29, 1.82) is 0 Å². The van der Waals surface area contributed by atoms with Crippen molar-refractivity contribution in [2.45, 2.75) is 43.9 Å². The molecule has 2 rings (SSSR count). The number of hydrogen-bond acceptors (Lipinski definition) is 5. The van der Waals surface area contributed by atoms with Gasteiger partial charge in [0.05, 0.1) is 16.3 Å². The van der Waals surface area contributed by atoms with Gasteiger partial charge in [-0.1, -0.05) is 38.3 Å². The minimum Gasteiger partial charge on any atom is -0.744 e. The molecule has 2 aromatic carbocycles. The Balaban J connectivity index is 0.00000312. The fraction of sp³-hybridized carbons (Fsp3) is 0.333. The normalized spacial score (nSPS) is 11.4. The first-order chi connectivity index (χ1) is 11.5. The third kappa shape index (κ3) is 7.79. The Hall–Kier alpha value is -1.05. The van der Waals surface area contributed by atoms with Crippen LogP contribution in [0.15, 0.2) is 63.7 Å². The monoisotopic (exact) mass is 368 g/mol. The third-order valence-corrected chi connectivity index (χ3v) is 4.51. The van der Waals surface area contributed by atoms with E-state index in [1.54, 1.807) is 0 Å². The van der Waals surface area contributed by atoms with Gasteiger partial charge in [-0.15, -0.1) is 0 Å². The number of aryl methyl sites for hydroxylation is 1. The molecule has 0 aromatic heterocycles. The first kappa shape index (κ1) is 22.0. The molecule has 0 fully saturated rings. The van der Waals surface area contributed by atoms with Gasteiger partial charge in [-0.3, -0.25) is 0 Å². The van der Waals surface area contributed by atoms with Gasteiger partial charge in [0, 0.05) is 0 Å². The predicted molar refractivity (Wildman–Crippen MR) is 92.9 cm³/mol. The minimum absolute atomic E-state index is 0. The van der Waals surface area contributed by atoms with Crippen LogP contribution in [0.25, 0.3) is 0 Å². The molecule has 0 unspecified atom stereocenters. The van der Waals surface area contributed by atoms with Gasteiger partial charge in [0.15, 0.2) is 0 Å². The molecule has 5 nitrogen and oxygen atoms in total. The number of nitrogens with zero attached hydrogens (tertiary/aromatic N) is 2. The van der Waals surface area contributed by atoms with Crippen molar-refractivity contribution >= 4 is 21.5 Å². The molecular weight excluding hydrogens is 347 g/mol. The largest absolute Gasteiger partial charge is 1.00 e. The maximum absolute atomic E-state index is 10.9. The molecule has 0 heterocycles. The summed E-state index contributed by atoms with van der Waals surface area (Å²) < 4.78 is 32.6. The van der Waals surface area contributed by atoms with Crippen LogP contribution in [0.5, 0.6) is 0 Å². The molecule has 7 heteroatoms. The van der Waals surface area contributed by atoms with E-state index < -0.39 is 10.1 Å². The molecule has 0 saturated carbocycles. The fourth-order valence-corrected chi connectivity index (χ4v) is 2.75. The van der Waals surface area contributed by atoms with E-state index in [1.807, 2.05) is 24.3 Å². The number of unbranched alkanes of at least 4 members (excludes halogenated alkanes) is 3. The van der Waals surface area contributed by atoms with Gasteiger partial charge < -0.3 is 4.55 Å². The molecule has 128 valence electrons. The van der Waals surface area contributed by atoms with E-state index in [2.05, 4.69) is 17.2 Å². The van der Waals surface area contributed by atoms with Crippen molar-refractivity contribution in [3.8, 4) is 0 Å². The Morgan fingerprint density at radius 1 is 0.840 bits per heavy atom. The average molecular weight is 368 g/mol. The molecule has 0 atom stereocenters. The third-order valence-electron chi connectivity index (χ3n) is 3.66. The van der Waals surface area contributed by atoms with Crippen molar-refractivity contribution < 1.29 is 42.5 Å². The second-order valence-corrected chi connectivity index (χ2v) is 7.00. The zero-order valence-electron chi connectivity index (χ0n) is 14.7. The topological polar surface area (TPSA) is 81.9 Å². The average Bonchev–Trinajstić information content (AvgIpc) is 2.57. The summed E-state index contributed by atoms with van der Waals surface area (Å²) in [6.45, 7) is 2.20. The molecular formula is C18H21N2NaO3S. The Kier molecular flexibility index (Phi) is 9.53. The van der Waals surface area contributed by atoms with E-state index in [0.717, 1.165) is 12.1 Å². The van der Waals surface area contributed by atoms with E-state index in [9.17, 15) is 13.0 Å². The fourth-order valence-electron chi connectivity index (χ4n) is 2.28. The molecule has 0 spiro atoms. The Morgan fingerprint density at radius 3 is 1.84 bits per heavy atom. The minimum atomic E-state index is -4.43. The Bertz CT molecular complexity index is 773. The number of rotatable bonds is 8. The van der Waals surface area contributed by atoms with Crippen LogP contribution in [0.3, 0.4) is 0 Å². The van der Waals surface area contributed by atoms with Gasteiger partial charge in [-0.05, 0) is 54.8 Å². The van der Waals surface area contributed by atoms with Crippen LogP contribution in [0.4, 0.5) is 11.4 Å². The second-order valence-electron chi connectivity index (χ2n) is 5.63. The molecule has 0 N–H and O–H groups in total.